The Labute approximate surface area is 222 Å². The minimum Gasteiger partial charge on any atom is -0.490 e. The maximum Gasteiger partial charge on any atom is 0.264 e. The van der Waals surface area contributed by atoms with Crippen molar-refractivity contribution in [3.8, 4) is 11.5 Å². The van der Waals surface area contributed by atoms with Gasteiger partial charge in [-0.1, -0.05) is 29.3 Å². The van der Waals surface area contributed by atoms with Gasteiger partial charge in [-0.15, -0.1) is 0 Å². The van der Waals surface area contributed by atoms with E-state index in [1.165, 1.54) is 36.0 Å². The van der Waals surface area contributed by atoms with Crippen molar-refractivity contribution in [2.24, 2.45) is 4.99 Å². The molecule has 0 unspecified atom stereocenters. The number of aryl methyl sites for hydroxylation is 1. The standard InChI is InChI=1S/C27H23ClFN3O4S/c1-3-35-22-13-17(14-23-26(34)32-27(37-23)31-20-8-4-16(2)5-9-20)12-21(28)25(22)36-15-24(33)30-19-10-6-18(29)7-11-19/h4-14H,3,15H2,1-2H3,(H,30,33)(H,31,32,34)/b23-14+. The van der Waals surface area contributed by atoms with Crippen LogP contribution in [0.25, 0.3) is 6.08 Å². The molecule has 0 aromatic heterocycles. The fraction of sp³-hybridized carbons (Fsp3) is 0.148. The molecule has 10 heteroatoms. The van der Waals surface area contributed by atoms with Gasteiger partial charge in [0.05, 0.1) is 22.2 Å². The number of thioether (sulfide) groups is 1. The number of hydrogen-bond acceptors (Lipinski definition) is 6. The van der Waals surface area contributed by atoms with E-state index < -0.39 is 11.7 Å². The van der Waals surface area contributed by atoms with Gasteiger partial charge < -0.3 is 20.1 Å². The second-order valence-electron chi connectivity index (χ2n) is 7.92. The molecule has 1 saturated heterocycles. The largest absolute Gasteiger partial charge is 0.490 e. The van der Waals surface area contributed by atoms with Gasteiger partial charge in [0.2, 0.25) is 0 Å². The van der Waals surface area contributed by atoms with Crippen LogP contribution in [0.2, 0.25) is 5.02 Å². The first kappa shape index (κ1) is 26.2. The lowest BCUT2D eigenvalue weighted by Crippen LogP contribution is -2.20. The summed E-state index contributed by atoms with van der Waals surface area (Å²) in [6.45, 7) is 3.79. The smallest absolute Gasteiger partial charge is 0.264 e. The minimum atomic E-state index is -0.448. The van der Waals surface area contributed by atoms with Gasteiger partial charge in [-0.3, -0.25) is 9.59 Å². The van der Waals surface area contributed by atoms with Crippen molar-refractivity contribution < 1.29 is 23.5 Å². The summed E-state index contributed by atoms with van der Waals surface area (Å²) in [4.78, 5) is 29.7. The number of hydrogen-bond donors (Lipinski definition) is 2. The Hall–Kier alpha value is -3.82. The molecule has 1 heterocycles. The van der Waals surface area contributed by atoms with E-state index in [2.05, 4.69) is 15.6 Å². The zero-order valence-corrected chi connectivity index (χ0v) is 21.6. The summed E-state index contributed by atoms with van der Waals surface area (Å²) >= 11 is 7.68. The molecule has 0 saturated carbocycles. The first-order valence-corrected chi connectivity index (χ1v) is 12.5. The number of ether oxygens (including phenoxy) is 2. The molecule has 1 aliphatic rings. The van der Waals surface area contributed by atoms with Gasteiger partial charge in [0.25, 0.3) is 11.8 Å². The number of amidine groups is 1. The fourth-order valence-electron chi connectivity index (χ4n) is 3.31. The molecule has 0 radical (unpaired) electrons. The molecular formula is C27H23ClFN3O4S. The third-order valence-corrected chi connectivity index (χ3v) is 6.21. The van der Waals surface area contributed by atoms with Crippen LogP contribution in [-0.2, 0) is 9.59 Å². The van der Waals surface area contributed by atoms with Crippen molar-refractivity contribution in [2.45, 2.75) is 13.8 Å². The SMILES string of the molecule is CCOc1cc(/C=C2/SC(=Nc3ccc(C)cc3)NC2=O)cc(Cl)c1OCC(=O)Nc1ccc(F)cc1. The lowest BCUT2D eigenvalue weighted by molar-refractivity contribution is -0.118. The van der Waals surface area contributed by atoms with Crippen LogP contribution in [-0.4, -0.2) is 30.2 Å². The number of anilines is 1. The average molecular weight is 540 g/mol. The van der Waals surface area contributed by atoms with E-state index in [1.54, 1.807) is 25.1 Å². The van der Waals surface area contributed by atoms with E-state index in [-0.39, 0.29) is 23.3 Å². The molecule has 2 amide bonds. The van der Waals surface area contributed by atoms with E-state index in [9.17, 15) is 14.0 Å². The Balaban J connectivity index is 1.48. The molecule has 7 nitrogen and oxygen atoms in total. The quantitative estimate of drug-likeness (QED) is 0.338. The van der Waals surface area contributed by atoms with Gasteiger partial charge in [0, 0.05) is 5.69 Å². The second-order valence-corrected chi connectivity index (χ2v) is 9.36. The number of carbonyl (C=O) groups is 2. The molecule has 0 aliphatic carbocycles. The predicted octanol–water partition coefficient (Wildman–Crippen LogP) is 6.10. The molecule has 190 valence electrons. The first-order valence-electron chi connectivity index (χ1n) is 11.3. The average Bonchev–Trinajstić information content (AvgIpc) is 3.20. The summed E-state index contributed by atoms with van der Waals surface area (Å²) in [5, 5.41) is 6.06. The van der Waals surface area contributed by atoms with Crippen molar-refractivity contribution in [3.63, 3.8) is 0 Å². The van der Waals surface area contributed by atoms with Gasteiger partial charge in [-0.2, -0.15) is 0 Å². The molecular weight excluding hydrogens is 517 g/mol. The molecule has 3 aromatic rings. The van der Waals surface area contributed by atoms with E-state index in [4.69, 9.17) is 21.1 Å². The zero-order valence-electron chi connectivity index (χ0n) is 20.0. The van der Waals surface area contributed by atoms with Crippen LogP contribution in [0.5, 0.6) is 11.5 Å². The van der Waals surface area contributed by atoms with Crippen molar-refractivity contribution in [1.82, 2.24) is 5.32 Å². The Morgan fingerprint density at radius 2 is 1.86 bits per heavy atom. The second kappa shape index (κ2) is 11.9. The number of amides is 2. The Morgan fingerprint density at radius 3 is 2.57 bits per heavy atom. The highest BCUT2D eigenvalue weighted by molar-refractivity contribution is 8.18. The van der Waals surface area contributed by atoms with Crippen LogP contribution in [0.1, 0.15) is 18.1 Å². The van der Waals surface area contributed by atoms with Gasteiger partial charge in [0.15, 0.2) is 23.3 Å². The molecule has 1 aliphatic heterocycles. The normalized spacial score (nSPS) is 15.1. The maximum absolute atomic E-state index is 13.1. The number of halogens is 2. The van der Waals surface area contributed by atoms with Crippen molar-refractivity contribution in [3.05, 3.63) is 87.5 Å². The number of aliphatic imine (C=N–C) groups is 1. The van der Waals surface area contributed by atoms with E-state index in [0.29, 0.717) is 33.7 Å². The van der Waals surface area contributed by atoms with Crippen LogP contribution in [0.4, 0.5) is 15.8 Å². The number of nitrogens with one attached hydrogen (secondary N) is 2. The summed E-state index contributed by atoms with van der Waals surface area (Å²) in [7, 11) is 0. The molecule has 37 heavy (non-hydrogen) atoms. The molecule has 1 fully saturated rings. The van der Waals surface area contributed by atoms with Crippen molar-refractivity contribution in [2.75, 3.05) is 18.5 Å². The van der Waals surface area contributed by atoms with E-state index >= 15 is 0 Å². The monoisotopic (exact) mass is 539 g/mol. The molecule has 4 rings (SSSR count). The van der Waals surface area contributed by atoms with Gasteiger partial charge >= 0.3 is 0 Å². The van der Waals surface area contributed by atoms with E-state index in [1.807, 2.05) is 31.2 Å². The number of carbonyl (C=O) groups excluding carboxylic acids is 2. The fourth-order valence-corrected chi connectivity index (χ4v) is 4.43. The Bertz CT molecular complexity index is 1380. The maximum atomic E-state index is 13.1. The van der Waals surface area contributed by atoms with Gasteiger partial charge in [-0.25, -0.2) is 9.38 Å². The Morgan fingerprint density at radius 1 is 1.14 bits per heavy atom. The van der Waals surface area contributed by atoms with E-state index in [0.717, 1.165) is 11.3 Å². The number of nitrogens with zero attached hydrogens (tertiary/aromatic N) is 1. The summed E-state index contributed by atoms with van der Waals surface area (Å²) in [6, 6.07) is 16.3. The molecule has 3 aromatic carbocycles. The van der Waals surface area contributed by atoms with Gasteiger partial charge in [-0.05, 0) is 85.8 Å². The zero-order chi connectivity index (χ0) is 26.4. The first-order chi connectivity index (χ1) is 17.8. The summed E-state index contributed by atoms with van der Waals surface area (Å²) < 4.78 is 24.4. The molecule has 0 bridgehead atoms. The number of rotatable bonds is 8. The van der Waals surface area contributed by atoms with Crippen molar-refractivity contribution >= 4 is 57.8 Å². The molecule has 0 atom stereocenters. The Kier molecular flexibility index (Phi) is 8.47. The predicted molar refractivity (Wildman–Crippen MR) is 145 cm³/mol. The third-order valence-electron chi connectivity index (χ3n) is 5.02. The summed E-state index contributed by atoms with van der Waals surface area (Å²) in [5.74, 6) is -0.599. The lowest BCUT2D eigenvalue weighted by Gasteiger charge is -2.14. The highest BCUT2D eigenvalue weighted by atomic mass is 35.5. The number of benzene rings is 3. The van der Waals surface area contributed by atoms with Gasteiger partial charge in [0.1, 0.15) is 5.82 Å². The highest BCUT2D eigenvalue weighted by Gasteiger charge is 2.24. The van der Waals surface area contributed by atoms with Crippen molar-refractivity contribution in [1.29, 1.82) is 0 Å². The summed E-state index contributed by atoms with van der Waals surface area (Å²) in [5.41, 5.74) is 2.91. The topological polar surface area (TPSA) is 89.0 Å². The summed E-state index contributed by atoms with van der Waals surface area (Å²) in [6.07, 6.45) is 1.68. The van der Waals surface area contributed by atoms with Crippen LogP contribution in [0.15, 0.2) is 70.6 Å². The van der Waals surface area contributed by atoms with Crippen LogP contribution in [0, 0.1) is 12.7 Å². The lowest BCUT2D eigenvalue weighted by atomic mass is 10.2. The van der Waals surface area contributed by atoms with Crippen LogP contribution >= 0.6 is 23.4 Å². The molecule has 0 spiro atoms. The third kappa shape index (κ3) is 7.12. The highest BCUT2D eigenvalue weighted by Crippen LogP contribution is 2.38. The minimum absolute atomic E-state index is 0.199. The van der Waals surface area contributed by atoms with Crippen LogP contribution < -0.4 is 20.1 Å². The van der Waals surface area contributed by atoms with Crippen LogP contribution in [0.3, 0.4) is 0 Å². The molecule has 2 N–H and O–H groups in total.